The van der Waals surface area contributed by atoms with Crippen molar-refractivity contribution in [3.63, 3.8) is 0 Å². The van der Waals surface area contributed by atoms with Crippen molar-refractivity contribution in [2.24, 2.45) is 0 Å². The van der Waals surface area contributed by atoms with Gasteiger partial charge >= 0.3 is 0 Å². The van der Waals surface area contributed by atoms with Crippen molar-refractivity contribution in [1.82, 2.24) is 4.90 Å². The summed E-state index contributed by atoms with van der Waals surface area (Å²) >= 11 is 0. The molecule has 0 aliphatic carbocycles. The summed E-state index contributed by atoms with van der Waals surface area (Å²) in [6.45, 7) is 9.15. The van der Waals surface area contributed by atoms with Crippen molar-refractivity contribution in [1.29, 1.82) is 0 Å². The second-order valence-corrected chi connectivity index (χ2v) is 5.63. The Morgan fingerprint density at radius 3 is 2.47 bits per heavy atom. The highest BCUT2D eigenvalue weighted by Crippen LogP contribution is 2.38. The molecule has 1 N–H and O–H groups in total. The van der Waals surface area contributed by atoms with E-state index in [-0.39, 0.29) is 6.10 Å². The lowest BCUT2D eigenvalue weighted by molar-refractivity contribution is -0.0270. The normalized spacial score (nSPS) is 19.6. The minimum absolute atomic E-state index is 0.125. The average Bonchev–Trinajstić information content (AvgIpc) is 2.39. The topological polar surface area (TPSA) is 32.7 Å². The van der Waals surface area contributed by atoms with Crippen LogP contribution in [0.1, 0.15) is 39.2 Å². The van der Waals surface area contributed by atoms with Crippen LogP contribution in [-0.2, 0) is 5.60 Å². The molecule has 3 heteroatoms. The lowest BCUT2D eigenvalue weighted by Gasteiger charge is -2.38. The van der Waals surface area contributed by atoms with Gasteiger partial charge in [0, 0.05) is 18.7 Å². The lowest BCUT2D eigenvalue weighted by Crippen LogP contribution is -2.42. The van der Waals surface area contributed by atoms with Crippen molar-refractivity contribution in [3.8, 4) is 5.75 Å². The van der Waals surface area contributed by atoms with E-state index in [4.69, 9.17) is 4.74 Å². The van der Waals surface area contributed by atoms with Crippen LogP contribution < -0.4 is 4.74 Å². The Morgan fingerprint density at radius 2 is 1.89 bits per heavy atom. The third kappa shape index (κ3) is 3.28. The van der Waals surface area contributed by atoms with Crippen molar-refractivity contribution < 1.29 is 9.84 Å². The molecular weight excluding hydrogens is 238 g/mol. The van der Waals surface area contributed by atoms with E-state index in [1.54, 1.807) is 0 Å². The highest BCUT2D eigenvalue weighted by molar-refractivity contribution is 5.38. The molecule has 1 fully saturated rings. The van der Waals surface area contributed by atoms with Gasteiger partial charge in [-0.3, -0.25) is 0 Å². The maximum Gasteiger partial charge on any atom is 0.125 e. The third-order valence-electron chi connectivity index (χ3n) is 3.88. The summed E-state index contributed by atoms with van der Waals surface area (Å²) in [6.07, 6.45) is 1.68. The van der Waals surface area contributed by atoms with Crippen LogP contribution in [0.4, 0.5) is 0 Å². The van der Waals surface area contributed by atoms with Gasteiger partial charge in [0.1, 0.15) is 5.75 Å². The van der Waals surface area contributed by atoms with Crippen LogP contribution in [0.25, 0.3) is 0 Å². The van der Waals surface area contributed by atoms with E-state index in [1.807, 2.05) is 38.1 Å². The van der Waals surface area contributed by atoms with E-state index >= 15 is 0 Å². The van der Waals surface area contributed by atoms with Crippen LogP contribution in [0.5, 0.6) is 5.75 Å². The Labute approximate surface area is 116 Å². The van der Waals surface area contributed by atoms with E-state index in [9.17, 15) is 5.11 Å². The number of rotatable bonds is 4. The Bertz CT molecular complexity index is 409. The minimum atomic E-state index is -0.739. The SMILES string of the molecule is CCN1CCC(O)(c2ccccc2OC(C)C)CC1. The summed E-state index contributed by atoms with van der Waals surface area (Å²) in [5.74, 6) is 0.824. The predicted octanol–water partition coefficient (Wildman–Crippen LogP) is 2.78. The van der Waals surface area contributed by atoms with Crippen LogP contribution >= 0.6 is 0 Å². The summed E-state index contributed by atoms with van der Waals surface area (Å²) in [6, 6.07) is 7.90. The molecular formula is C16H25NO2. The number of para-hydroxylation sites is 1. The van der Waals surface area contributed by atoms with Crippen molar-refractivity contribution in [2.45, 2.75) is 45.3 Å². The van der Waals surface area contributed by atoms with Gasteiger partial charge in [0.2, 0.25) is 0 Å². The van der Waals surface area contributed by atoms with Crippen LogP contribution in [0.3, 0.4) is 0 Å². The molecule has 0 bridgehead atoms. The van der Waals surface area contributed by atoms with E-state index in [1.165, 1.54) is 0 Å². The third-order valence-corrected chi connectivity index (χ3v) is 3.88. The zero-order valence-electron chi connectivity index (χ0n) is 12.2. The van der Waals surface area contributed by atoms with Gasteiger partial charge in [-0.15, -0.1) is 0 Å². The van der Waals surface area contributed by atoms with E-state index in [2.05, 4.69) is 11.8 Å². The van der Waals surface area contributed by atoms with Crippen LogP contribution in [-0.4, -0.2) is 35.7 Å². The van der Waals surface area contributed by atoms with Crippen molar-refractivity contribution >= 4 is 0 Å². The highest BCUT2D eigenvalue weighted by Gasteiger charge is 2.35. The minimum Gasteiger partial charge on any atom is -0.491 e. The maximum atomic E-state index is 10.9. The number of benzene rings is 1. The lowest BCUT2D eigenvalue weighted by atomic mass is 9.84. The molecule has 0 saturated carbocycles. The molecule has 19 heavy (non-hydrogen) atoms. The van der Waals surface area contributed by atoms with Crippen LogP contribution in [0, 0.1) is 0 Å². The van der Waals surface area contributed by atoms with Gasteiger partial charge < -0.3 is 14.7 Å². The Balaban J connectivity index is 2.21. The maximum absolute atomic E-state index is 10.9. The van der Waals surface area contributed by atoms with Crippen molar-refractivity contribution in [3.05, 3.63) is 29.8 Å². The molecule has 2 rings (SSSR count). The molecule has 3 nitrogen and oxygen atoms in total. The number of ether oxygens (including phenoxy) is 1. The van der Waals surface area contributed by atoms with Crippen LogP contribution in [0.15, 0.2) is 24.3 Å². The standard InChI is InChI=1S/C16H25NO2/c1-4-17-11-9-16(18,10-12-17)14-7-5-6-8-15(14)19-13(2)3/h5-8,13,18H,4,9-12H2,1-3H3. The van der Waals surface area contributed by atoms with Gasteiger partial charge in [-0.05, 0) is 39.3 Å². The fourth-order valence-electron chi connectivity index (χ4n) is 2.72. The molecule has 0 atom stereocenters. The molecule has 1 aliphatic heterocycles. The second kappa shape index (κ2) is 5.93. The van der Waals surface area contributed by atoms with Gasteiger partial charge in [0.15, 0.2) is 0 Å². The molecule has 0 radical (unpaired) electrons. The van der Waals surface area contributed by atoms with E-state index < -0.39 is 5.60 Å². The first-order valence-electron chi connectivity index (χ1n) is 7.26. The Kier molecular flexibility index (Phi) is 4.48. The molecule has 106 valence electrons. The molecule has 0 aromatic heterocycles. The fraction of sp³-hybridized carbons (Fsp3) is 0.625. The zero-order chi connectivity index (χ0) is 13.9. The van der Waals surface area contributed by atoms with Crippen LogP contribution in [0.2, 0.25) is 0 Å². The zero-order valence-corrected chi connectivity index (χ0v) is 12.2. The number of nitrogens with zero attached hydrogens (tertiary/aromatic N) is 1. The summed E-state index contributed by atoms with van der Waals surface area (Å²) in [7, 11) is 0. The predicted molar refractivity (Wildman–Crippen MR) is 77.5 cm³/mol. The molecule has 1 heterocycles. The van der Waals surface area contributed by atoms with Gasteiger partial charge in [0.05, 0.1) is 11.7 Å². The summed E-state index contributed by atoms with van der Waals surface area (Å²) in [4.78, 5) is 2.38. The first-order chi connectivity index (χ1) is 9.05. The smallest absolute Gasteiger partial charge is 0.125 e. The summed E-state index contributed by atoms with van der Waals surface area (Å²) in [5.41, 5.74) is 0.205. The van der Waals surface area contributed by atoms with Gasteiger partial charge in [0.25, 0.3) is 0 Å². The molecule has 1 aromatic carbocycles. The highest BCUT2D eigenvalue weighted by atomic mass is 16.5. The van der Waals surface area contributed by atoms with Gasteiger partial charge in [-0.2, -0.15) is 0 Å². The van der Waals surface area contributed by atoms with E-state index in [0.29, 0.717) is 0 Å². The first-order valence-corrected chi connectivity index (χ1v) is 7.26. The largest absolute Gasteiger partial charge is 0.491 e. The number of likely N-dealkylation sites (tertiary alicyclic amines) is 1. The molecule has 0 unspecified atom stereocenters. The molecule has 1 aliphatic rings. The monoisotopic (exact) mass is 263 g/mol. The molecule has 1 aromatic rings. The number of aliphatic hydroxyl groups is 1. The first kappa shape index (κ1) is 14.4. The second-order valence-electron chi connectivity index (χ2n) is 5.63. The average molecular weight is 263 g/mol. The van der Waals surface area contributed by atoms with Gasteiger partial charge in [-0.1, -0.05) is 25.1 Å². The summed E-state index contributed by atoms with van der Waals surface area (Å²) < 4.78 is 5.84. The molecule has 0 amide bonds. The number of hydrogen-bond acceptors (Lipinski definition) is 3. The fourth-order valence-corrected chi connectivity index (χ4v) is 2.72. The van der Waals surface area contributed by atoms with Crippen molar-refractivity contribution in [2.75, 3.05) is 19.6 Å². The summed E-state index contributed by atoms with van der Waals surface area (Å²) in [5, 5.41) is 10.9. The number of hydrogen-bond donors (Lipinski definition) is 1. The Hall–Kier alpha value is -1.06. The van der Waals surface area contributed by atoms with E-state index in [0.717, 1.165) is 43.8 Å². The Morgan fingerprint density at radius 1 is 1.26 bits per heavy atom. The van der Waals surface area contributed by atoms with Gasteiger partial charge in [-0.25, -0.2) is 0 Å². The molecule has 1 saturated heterocycles. The number of piperidine rings is 1. The molecule has 0 spiro atoms. The quantitative estimate of drug-likeness (QED) is 0.906.